The average Bonchev–Trinajstić information content (AvgIpc) is 3.21. The molecule has 4 rings (SSSR count). The van der Waals surface area contributed by atoms with Crippen molar-refractivity contribution >= 4 is 64.2 Å². The number of aromatic nitrogens is 2. The van der Waals surface area contributed by atoms with Crippen LogP contribution in [0.1, 0.15) is 29.6 Å². The Labute approximate surface area is 200 Å². The Morgan fingerprint density at radius 3 is 2.52 bits per heavy atom. The van der Waals surface area contributed by atoms with Gasteiger partial charge in [-0.2, -0.15) is 0 Å². The molecule has 1 N–H and O–H groups in total. The van der Waals surface area contributed by atoms with Crippen molar-refractivity contribution in [2.75, 3.05) is 13.6 Å². The summed E-state index contributed by atoms with van der Waals surface area (Å²) in [5, 5.41) is 10.4. The van der Waals surface area contributed by atoms with E-state index in [1.807, 2.05) is 0 Å². The maximum absolute atomic E-state index is 13.5. The summed E-state index contributed by atoms with van der Waals surface area (Å²) in [4.78, 5) is 27.3. The first-order valence-electron chi connectivity index (χ1n) is 9.61. The molecule has 0 saturated carbocycles. The second kappa shape index (κ2) is 9.43. The van der Waals surface area contributed by atoms with Crippen LogP contribution in [0.5, 0.6) is 0 Å². The smallest absolute Gasteiger partial charge is 0.335 e. The van der Waals surface area contributed by atoms with Gasteiger partial charge in [-0.05, 0) is 63.2 Å². The minimum atomic E-state index is -1.11. The van der Waals surface area contributed by atoms with Crippen LogP contribution in [0.25, 0.3) is 16.7 Å². The zero-order chi connectivity index (χ0) is 21.6. The van der Waals surface area contributed by atoms with Crippen LogP contribution in [0, 0.1) is 0 Å². The fourth-order valence-electron chi connectivity index (χ4n) is 4.18. The molecule has 1 fully saturated rings. The second-order valence-electron chi connectivity index (χ2n) is 7.56. The summed E-state index contributed by atoms with van der Waals surface area (Å²) in [5.41, 5.74) is 1.04. The lowest BCUT2D eigenvalue weighted by molar-refractivity contribution is 0.0697. The molecule has 1 unspecified atom stereocenters. The topological polar surface area (TPSA) is 67.5 Å². The maximum Gasteiger partial charge on any atom is 0.335 e. The van der Waals surface area contributed by atoms with E-state index in [-0.39, 0.29) is 28.7 Å². The molecule has 2 heterocycles. The van der Waals surface area contributed by atoms with Gasteiger partial charge in [0, 0.05) is 17.6 Å². The first-order chi connectivity index (χ1) is 14.3. The van der Waals surface area contributed by atoms with Gasteiger partial charge in [0.1, 0.15) is 0 Å². The Balaban J connectivity index is 0.00000272. The Morgan fingerprint density at radius 2 is 1.90 bits per heavy atom. The second-order valence-corrected chi connectivity index (χ2v) is 8.81. The number of hydrogen-bond donors (Lipinski definition) is 1. The van der Waals surface area contributed by atoms with Gasteiger partial charge < -0.3 is 10.0 Å². The van der Waals surface area contributed by atoms with Crippen LogP contribution in [0.2, 0.25) is 15.1 Å². The van der Waals surface area contributed by atoms with Gasteiger partial charge in [0.05, 0.1) is 32.3 Å². The number of carbonyl (C=O) groups is 1. The number of fused-ring (bicyclic) bond motifs is 1. The van der Waals surface area contributed by atoms with Crippen molar-refractivity contribution in [3.05, 3.63) is 61.4 Å². The van der Waals surface area contributed by atoms with Crippen LogP contribution < -0.4 is 5.69 Å². The van der Waals surface area contributed by atoms with E-state index in [1.54, 1.807) is 22.8 Å². The Hall–Kier alpha value is -1.70. The predicted octanol–water partition coefficient (Wildman–Crippen LogP) is 5.36. The number of aryl methyl sites for hydroxylation is 1. The van der Waals surface area contributed by atoms with Crippen molar-refractivity contribution in [1.82, 2.24) is 14.0 Å². The standard InChI is InChI=1S/C21H20Cl3N3O3.ClH/c1-25-7-2-3-14(25)6-8-26-18-10-12(20(28)29)9-16(24)19(18)27(21(26)30)17-5-4-13(22)11-15(17)23;/h4-5,9-11,14H,2-3,6-8H2,1H3,(H,28,29);1H. The van der Waals surface area contributed by atoms with Crippen molar-refractivity contribution in [1.29, 1.82) is 0 Å². The van der Waals surface area contributed by atoms with Crippen molar-refractivity contribution in [3.63, 3.8) is 0 Å². The SMILES string of the molecule is CN1CCCC1CCn1c(=O)n(-c2ccc(Cl)cc2Cl)c2c(Cl)cc(C(=O)O)cc21.Cl. The van der Waals surface area contributed by atoms with Crippen molar-refractivity contribution in [2.45, 2.75) is 31.8 Å². The molecule has 10 heteroatoms. The van der Waals surface area contributed by atoms with E-state index in [9.17, 15) is 14.7 Å². The highest BCUT2D eigenvalue weighted by Crippen LogP contribution is 2.31. The van der Waals surface area contributed by atoms with Gasteiger partial charge in [-0.25, -0.2) is 9.59 Å². The fraction of sp³-hybridized carbons (Fsp3) is 0.333. The summed E-state index contributed by atoms with van der Waals surface area (Å²) < 4.78 is 3.02. The first kappa shape index (κ1) is 24.0. The lowest BCUT2D eigenvalue weighted by Gasteiger charge is -2.19. The number of hydrogen-bond acceptors (Lipinski definition) is 3. The Kier molecular flexibility index (Phi) is 7.28. The summed E-state index contributed by atoms with van der Waals surface area (Å²) >= 11 is 18.9. The van der Waals surface area contributed by atoms with Crippen molar-refractivity contribution in [3.8, 4) is 5.69 Å². The molecule has 1 aromatic heterocycles. The molecule has 1 saturated heterocycles. The van der Waals surface area contributed by atoms with Gasteiger partial charge in [0.15, 0.2) is 0 Å². The van der Waals surface area contributed by atoms with Gasteiger partial charge in [-0.1, -0.05) is 34.8 Å². The fourth-order valence-corrected chi connectivity index (χ4v) is 4.97. The van der Waals surface area contributed by atoms with Crippen LogP contribution in [-0.2, 0) is 6.54 Å². The molecule has 1 atom stereocenters. The molecule has 2 aromatic carbocycles. The van der Waals surface area contributed by atoms with E-state index in [0.29, 0.717) is 39.4 Å². The molecule has 3 aromatic rings. The molecule has 1 aliphatic heterocycles. The number of nitrogens with zero attached hydrogens (tertiary/aromatic N) is 3. The zero-order valence-electron chi connectivity index (χ0n) is 16.6. The van der Waals surface area contributed by atoms with Gasteiger partial charge in [0.25, 0.3) is 0 Å². The quantitative estimate of drug-likeness (QED) is 0.508. The van der Waals surface area contributed by atoms with Gasteiger partial charge in [-0.3, -0.25) is 9.13 Å². The van der Waals surface area contributed by atoms with E-state index < -0.39 is 5.97 Å². The lowest BCUT2D eigenvalue weighted by atomic mass is 10.1. The minimum Gasteiger partial charge on any atom is -0.478 e. The molecule has 1 aliphatic rings. The maximum atomic E-state index is 13.5. The number of carboxylic acid groups (broad SMARTS) is 1. The highest BCUT2D eigenvalue weighted by Gasteiger charge is 2.24. The largest absolute Gasteiger partial charge is 0.478 e. The van der Waals surface area contributed by atoms with Gasteiger partial charge in [-0.15, -0.1) is 12.4 Å². The first-order valence-corrected chi connectivity index (χ1v) is 10.7. The highest BCUT2D eigenvalue weighted by molar-refractivity contribution is 6.37. The molecule has 0 radical (unpaired) electrons. The summed E-state index contributed by atoms with van der Waals surface area (Å²) in [5.74, 6) is -1.11. The molecule has 0 amide bonds. The molecule has 0 spiro atoms. The van der Waals surface area contributed by atoms with Crippen LogP contribution in [-0.4, -0.2) is 44.7 Å². The van der Waals surface area contributed by atoms with Crippen LogP contribution in [0.3, 0.4) is 0 Å². The number of likely N-dealkylation sites (tertiary alicyclic amines) is 1. The number of carboxylic acids is 1. The number of benzene rings is 2. The third-order valence-electron chi connectivity index (χ3n) is 5.73. The third-order valence-corrected chi connectivity index (χ3v) is 6.56. The summed E-state index contributed by atoms with van der Waals surface area (Å²) in [7, 11) is 2.08. The number of rotatable bonds is 5. The van der Waals surface area contributed by atoms with E-state index >= 15 is 0 Å². The van der Waals surface area contributed by atoms with Crippen molar-refractivity contribution < 1.29 is 9.90 Å². The third kappa shape index (κ3) is 4.45. The van der Waals surface area contributed by atoms with Gasteiger partial charge in [0.2, 0.25) is 0 Å². The van der Waals surface area contributed by atoms with E-state index in [2.05, 4.69) is 11.9 Å². The van der Waals surface area contributed by atoms with Crippen LogP contribution >= 0.6 is 47.2 Å². The average molecular weight is 505 g/mol. The number of imidazole rings is 1. The molecular weight excluding hydrogens is 484 g/mol. The molecular formula is C21H21Cl4N3O3. The van der Waals surface area contributed by atoms with E-state index in [4.69, 9.17) is 34.8 Å². The van der Waals surface area contributed by atoms with Crippen molar-refractivity contribution in [2.24, 2.45) is 0 Å². The Morgan fingerprint density at radius 1 is 1.16 bits per heavy atom. The van der Waals surface area contributed by atoms with E-state index in [1.165, 1.54) is 16.7 Å². The van der Waals surface area contributed by atoms with Crippen LogP contribution in [0.4, 0.5) is 0 Å². The van der Waals surface area contributed by atoms with Crippen LogP contribution in [0.15, 0.2) is 35.1 Å². The monoisotopic (exact) mass is 503 g/mol. The summed E-state index contributed by atoms with van der Waals surface area (Å²) in [6, 6.07) is 8.08. The molecule has 6 nitrogen and oxygen atoms in total. The number of halogens is 4. The molecule has 166 valence electrons. The predicted molar refractivity (Wildman–Crippen MR) is 127 cm³/mol. The summed E-state index contributed by atoms with van der Waals surface area (Å²) in [6.07, 6.45) is 2.99. The summed E-state index contributed by atoms with van der Waals surface area (Å²) in [6.45, 7) is 1.48. The molecule has 0 bridgehead atoms. The normalized spacial score (nSPS) is 16.6. The lowest BCUT2D eigenvalue weighted by Crippen LogP contribution is -2.29. The molecule has 31 heavy (non-hydrogen) atoms. The zero-order valence-corrected chi connectivity index (χ0v) is 19.7. The molecule has 0 aliphatic carbocycles. The highest BCUT2D eigenvalue weighted by atomic mass is 35.5. The Bertz CT molecular complexity index is 1200. The van der Waals surface area contributed by atoms with E-state index in [0.717, 1.165) is 25.8 Å². The minimum absolute atomic E-state index is 0. The number of aromatic carboxylic acids is 1. The van der Waals surface area contributed by atoms with Gasteiger partial charge >= 0.3 is 11.7 Å².